The van der Waals surface area contributed by atoms with Crippen molar-refractivity contribution in [3.63, 3.8) is 0 Å². The second-order valence-corrected chi connectivity index (χ2v) is 7.22. The first-order valence-electron chi connectivity index (χ1n) is 7.48. The van der Waals surface area contributed by atoms with Crippen molar-refractivity contribution in [2.75, 3.05) is 13.1 Å². The van der Waals surface area contributed by atoms with Gasteiger partial charge >= 0.3 is 6.09 Å². The zero-order valence-corrected chi connectivity index (χ0v) is 13.4. The molecule has 0 bridgehead atoms. The van der Waals surface area contributed by atoms with Gasteiger partial charge in [0.15, 0.2) is 11.4 Å². The molecule has 2 aliphatic rings. The summed E-state index contributed by atoms with van der Waals surface area (Å²) in [4.78, 5) is 25.9. The predicted molar refractivity (Wildman–Crippen MR) is 81.3 cm³/mol. The number of nitrogens with zero attached hydrogens (tertiary/aromatic N) is 1. The number of ether oxygens (including phenoxy) is 2. The number of likely N-dealkylation sites (tertiary alicyclic amines) is 1. The number of ketones is 1. The lowest BCUT2D eigenvalue weighted by Crippen LogP contribution is -2.68. The maximum Gasteiger partial charge on any atom is 0.410 e. The minimum absolute atomic E-state index is 0.0742. The fourth-order valence-corrected chi connectivity index (χ4v) is 2.88. The summed E-state index contributed by atoms with van der Waals surface area (Å²) < 4.78 is 11.4. The summed E-state index contributed by atoms with van der Waals surface area (Å²) in [5, 5.41) is 0. The van der Waals surface area contributed by atoms with Crippen LogP contribution in [0.1, 0.15) is 43.1 Å². The van der Waals surface area contributed by atoms with Crippen LogP contribution in [0.25, 0.3) is 0 Å². The Morgan fingerprint density at radius 1 is 1.32 bits per heavy atom. The molecule has 1 saturated heterocycles. The summed E-state index contributed by atoms with van der Waals surface area (Å²) in [5.74, 6) is 0.699. The number of carbonyl (C=O) groups is 2. The Bertz CT molecular complexity index is 639. The summed E-state index contributed by atoms with van der Waals surface area (Å²) in [6, 6.07) is 5.60. The predicted octanol–water partition coefficient (Wildman–Crippen LogP) is 2.95. The lowest BCUT2D eigenvalue weighted by atomic mass is 9.84. The van der Waals surface area contributed by atoms with Gasteiger partial charge < -0.3 is 9.47 Å². The number of hydrogen-bond donors (Lipinski definition) is 0. The Balaban J connectivity index is 1.71. The Kier molecular flexibility index (Phi) is 3.20. The molecule has 118 valence electrons. The van der Waals surface area contributed by atoms with Crippen molar-refractivity contribution < 1.29 is 19.1 Å². The molecule has 3 rings (SSSR count). The van der Waals surface area contributed by atoms with E-state index in [4.69, 9.17) is 9.47 Å². The fraction of sp³-hybridized carbons (Fsp3) is 0.529. The first-order valence-corrected chi connectivity index (χ1v) is 7.48. The van der Waals surface area contributed by atoms with E-state index in [1.807, 2.05) is 45.9 Å². The molecular weight excluding hydrogens is 282 g/mol. The number of carbonyl (C=O) groups excluding carboxylic acids is 2. The van der Waals surface area contributed by atoms with Crippen LogP contribution in [0.5, 0.6) is 5.75 Å². The van der Waals surface area contributed by atoms with Crippen LogP contribution in [-0.4, -0.2) is 41.1 Å². The van der Waals surface area contributed by atoms with Crippen LogP contribution in [0.3, 0.4) is 0 Å². The van der Waals surface area contributed by atoms with E-state index in [1.165, 1.54) is 0 Å². The van der Waals surface area contributed by atoms with Crippen molar-refractivity contribution in [1.29, 1.82) is 0 Å². The summed E-state index contributed by atoms with van der Waals surface area (Å²) in [6.07, 6.45) is -0.0493. The highest BCUT2D eigenvalue weighted by Crippen LogP contribution is 2.39. The molecule has 2 aliphatic heterocycles. The monoisotopic (exact) mass is 303 g/mol. The van der Waals surface area contributed by atoms with E-state index in [-0.39, 0.29) is 11.9 Å². The number of benzene rings is 1. The minimum atomic E-state index is -0.589. The largest absolute Gasteiger partial charge is 0.482 e. The van der Waals surface area contributed by atoms with Crippen molar-refractivity contribution in [3.05, 3.63) is 29.3 Å². The van der Waals surface area contributed by atoms with Crippen LogP contribution in [0, 0.1) is 6.92 Å². The normalized spacial score (nSPS) is 19.3. The molecule has 1 amide bonds. The molecule has 22 heavy (non-hydrogen) atoms. The van der Waals surface area contributed by atoms with Gasteiger partial charge in [-0.1, -0.05) is 6.07 Å². The van der Waals surface area contributed by atoms with E-state index < -0.39 is 11.2 Å². The van der Waals surface area contributed by atoms with E-state index in [1.54, 1.807) is 4.90 Å². The third-order valence-corrected chi connectivity index (χ3v) is 3.86. The van der Waals surface area contributed by atoms with E-state index in [0.717, 1.165) is 5.56 Å². The molecule has 0 aromatic heterocycles. The Labute approximate surface area is 130 Å². The average Bonchev–Trinajstić information content (AvgIpc) is 2.32. The Morgan fingerprint density at radius 2 is 2.00 bits per heavy atom. The molecule has 0 radical (unpaired) electrons. The first-order chi connectivity index (χ1) is 10.2. The van der Waals surface area contributed by atoms with E-state index >= 15 is 0 Å². The summed E-state index contributed by atoms with van der Waals surface area (Å²) >= 11 is 0. The standard InChI is InChI=1S/C17H21NO4/c1-11-5-6-12-13(19)8-17(21-14(12)7-11)9-18(10-17)15(20)22-16(2,3)4/h5-7H,8-10H2,1-4H3. The third-order valence-electron chi connectivity index (χ3n) is 3.86. The highest BCUT2D eigenvalue weighted by Gasteiger charge is 2.52. The molecule has 5 heteroatoms. The van der Waals surface area contributed by atoms with Crippen LogP contribution in [0.15, 0.2) is 18.2 Å². The smallest absolute Gasteiger partial charge is 0.410 e. The van der Waals surface area contributed by atoms with Crippen molar-refractivity contribution >= 4 is 11.9 Å². The zero-order valence-electron chi connectivity index (χ0n) is 13.4. The van der Waals surface area contributed by atoms with E-state index in [9.17, 15) is 9.59 Å². The molecule has 1 fully saturated rings. The molecular formula is C17H21NO4. The quantitative estimate of drug-likeness (QED) is 0.739. The summed E-state index contributed by atoms with van der Waals surface area (Å²) in [7, 11) is 0. The van der Waals surface area contributed by atoms with Crippen LogP contribution in [0.4, 0.5) is 4.79 Å². The van der Waals surface area contributed by atoms with Gasteiger partial charge in [-0.15, -0.1) is 0 Å². The van der Waals surface area contributed by atoms with Crippen LogP contribution < -0.4 is 4.74 Å². The number of hydrogen-bond acceptors (Lipinski definition) is 4. The SMILES string of the molecule is Cc1ccc2c(c1)OC1(CC2=O)CN(C(=O)OC(C)(C)C)C1. The van der Waals surface area contributed by atoms with E-state index in [2.05, 4.69) is 0 Å². The second kappa shape index (κ2) is 4.73. The molecule has 0 unspecified atom stereocenters. The lowest BCUT2D eigenvalue weighted by Gasteiger charge is -2.50. The van der Waals surface area contributed by atoms with Gasteiger partial charge in [0.25, 0.3) is 0 Å². The van der Waals surface area contributed by atoms with Crippen molar-refractivity contribution in [2.24, 2.45) is 0 Å². The topological polar surface area (TPSA) is 55.8 Å². The minimum Gasteiger partial charge on any atom is -0.482 e. The van der Waals surface area contributed by atoms with Gasteiger partial charge in [-0.05, 0) is 45.4 Å². The van der Waals surface area contributed by atoms with Gasteiger partial charge in [0, 0.05) is 0 Å². The number of amides is 1. The van der Waals surface area contributed by atoms with Crippen molar-refractivity contribution in [2.45, 2.75) is 45.3 Å². The molecule has 1 spiro atoms. The highest BCUT2D eigenvalue weighted by molar-refractivity contribution is 6.00. The average molecular weight is 303 g/mol. The number of Topliss-reactive ketones (excluding diaryl/α,β-unsaturated/α-hetero) is 1. The number of aryl methyl sites for hydroxylation is 1. The fourth-order valence-electron chi connectivity index (χ4n) is 2.88. The maximum absolute atomic E-state index is 12.3. The highest BCUT2D eigenvalue weighted by atomic mass is 16.6. The molecule has 5 nitrogen and oxygen atoms in total. The Morgan fingerprint density at radius 3 is 2.64 bits per heavy atom. The van der Waals surface area contributed by atoms with Crippen LogP contribution in [0.2, 0.25) is 0 Å². The van der Waals surface area contributed by atoms with Gasteiger partial charge in [-0.25, -0.2) is 4.79 Å². The zero-order chi connectivity index (χ0) is 16.1. The first kappa shape index (κ1) is 14.9. The second-order valence-electron chi connectivity index (χ2n) is 7.22. The van der Waals surface area contributed by atoms with Gasteiger partial charge in [-0.2, -0.15) is 0 Å². The van der Waals surface area contributed by atoms with Gasteiger partial charge in [-0.3, -0.25) is 9.69 Å². The maximum atomic E-state index is 12.3. The van der Waals surface area contributed by atoms with Gasteiger partial charge in [0.1, 0.15) is 11.4 Å². The molecule has 0 aliphatic carbocycles. The number of fused-ring (bicyclic) bond motifs is 1. The summed E-state index contributed by atoms with van der Waals surface area (Å²) in [6.45, 7) is 8.24. The Hall–Kier alpha value is -2.04. The van der Waals surface area contributed by atoms with E-state index in [0.29, 0.717) is 30.8 Å². The molecule has 0 saturated carbocycles. The third kappa shape index (κ3) is 2.67. The molecule has 0 atom stereocenters. The molecule has 1 aromatic carbocycles. The number of rotatable bonds is 0. The lowest BCUT2D eigenvalue weighted by molar-refractivity contribution is -0.0846. The van der Waals surface area contributed by atoms with Crippen LogP contribution >= 0.6 is 0 Å². The van der Waals surface area contributed by atoms with Gasteiger partial charge in [0.2, 0.25) is 0 Å². The van der Waals surface area contributed by atoms with Gasteiger partial charge in [0.05, 0.1) is 25.1 Å². The van der Waals surface area contributed by atoms with Crippen molar-refractivity contribution in [1.82, 2.24) is 4.90 Å². The summed E-state index contributed by atoms with van der Waals surface area (Å²) in [5.41, 5.74) is 0.570. The molecule has 1 aromatic rings. The molecule has 0 N–H and O–H groups in total. The van der Waals surface area contributed by atoms with Crippen molar-refractivity contribution in [3.8, 4) is 5.75 Å². The molecule has 2 heterocycles. The van der Waals surface area contributed by atoms with Crippen LogP contribution in [-0.2, 0) is 4.74 Å².